The van der Waals surface area contributed by atoms with E-state index in [1.54, 1.807) is 26.4 Å². The molecule has 0 unspecified atom stereocenters. The number of pyridine rings is 1. The number of hydrogen-bond acceptors (Lipinski definition) is 6. The summed E-state index contributed by atoms with van der Waals surface area (Å²) in [7, 11) is 3.20. The summed E-state index contributed by atoms with van der Waals surface area (Å²) >= 11 is 0. The molecule has 0 fully saturated rings. The van der Waals surface area contributed by atoms with Gasteiger partial charge in [0.05, 0.1) is 31.0 Å². The lowest BCUT2D eigenvalue weighted by molar-refractivity contribution is 0.0952. The second-order valence-corrected chi connectivity index (χ2v) is 8.01. The predicted octanol–water partition coefficient (Wildman–Crippen LogP) is 4.89. The summed E-state index contributed by atoms with van der Waals surface area (Å²) < 4.78 is 21.7. The van der Waals surface area contributed by atoms with Crippen molar-refractivity contribution in [1.29, 1.82) is 0 Å². The third kappa shape index (κ3) is 4.08. The summed E-state index contributed by atoms with van der Waals surface area (Å²) in [5, 5.41) is 3.82. The second kappa shape index (κ2) is 8.94. The van der Waals surface area contributed by atoms with E-state index < -0.39 is 0 Å². The molecule has 0 aliphatic carbocycles. The molecule has 7 heteroatoms. The lowest BCUT2D eigenvalue weighted by Gasteiger charge is -2.14. The van der Waals surface area contributed by atoms with E-state index >= 15 is 0 Å². The van der Waals surface area contributed by atoms with Crippen LogP contribution in [0.25, 0.3) is 22.2 Å². The highest BCUT2D eigenvalue weighted by Gasteiger charge is 2.18. The molecular formula is C27H24N2O5. The molecule has 7 nitrogen and oxygen atoms in total. The van der Waals surface area contributed by atoms with E-state index in [0.29, 0.717) is 40.8 Å². The maximum Gasteiger partial charge on any atom is 0.252 e. The number of aromatic nitrogens is 1. The minimum atomic E-state index is -0.190. The summed E-state index contributed by atoms with van der Waals surface area (Å²) in [6, 6.07) is 18.9. The average Bonchev–Trinajstić information content (AvgIpc) is 3.34. The number of nitrogens with one attached hydrogen (secondary N) is 1. The molecule has 4 aromatic rings. The van der Waals surface area contributed by atoms with Crippen LogP contribution < -0.4 is 24.3 Å². The maximum absolute atomic E-state index is 13.4. The van der Waals surface area contributed by atoms with Gasteiger partial charge < -0.3 is 24.3 Å². The largest absolute Gasteiger partial charge is 0.497 e. The molecule has 1 N–H and O–H groups in total. The van der Waals surface area contributed by atoms with Crippen LogP contribution in [0.3, 0.4) is 0 Å². The van der Waals surface area contributed by atoms with E-state index in [1.165, 1.54) is 0 Å². The zero-order valence-corrected chi connectivity index (χ0v) is 19.2. The molecule has 1 aliphatic heterocycles. The standard InChI is InChI=1S/C27H24N2O5/c1-16-4-8-22-20(10-16)21(13-23(29-22)19-7-6-18(31-2)12-25(19)32-3)27(30)28-14-17-5-9-24-26(11-17)34-15-33-24/h4-13H,14-15H2,1-3H3,(H,28,30). The average molecular weight is 456 g/mol. The third-order valence-corrected chi connectivity index (χ3v) is 5.78. The maximum atomic E-state index is 13.4. The van der Waals surface area contributed by atoms with Gasteiger partial charge in [-0.1, -0.05) is 17.7 Å². The first-order valence-corrected chi connectivity index (χ1v) is 10.9. The molecular weight excluding hydrogens is 432 g/mol. The second-order valence-electron chi connectivity index (χ2n) is 8.01. The summed E-state index contributed by atoms with van der Waals surface area (Å²) in [6.07, 6.45) is 0. The highest BCUT2D eigenvalue weighted by atomic mass is 16.7. The SMILES string of the molecule is COc1ccc(-c2cc(C(=O)NCc3ccc4c(c3)OCO4)c3cc(C)ccc3n2)c(OC)c1. The van der Waals surface area contributed by atoms with Crippen molar-refractivity contribution in [1.82, 2.24) is 10.3 Å². The molecule has 5 rings (SSSR count). The van der Waals surface area contributed by atoms with Crippen LogP contribution >= 0.6 is 0 Å². The van der Waals surface area contributed by atoms with E-state index in [9.17, 15) is 4.79 Å². The quantitative estimate of drug-likeness (QED) is 0.445. The van der Waals surface area contributed by atoms with Gasteiger partial charge >= 0.3 is 0 Å². The minimum Gasteiger partial charge on any atom is -0.497 e. The topological polar surface area (TPSA) is 78.9 Å². The Kier molecular flexibility index (Phi) is 5.67. The van der Waals surface area contributed by atoms with Gasteiger partial charge in [-0.25, -0.2) is 4.98 Å². The Labute approximate surface area is 197 Å². The number of benzene rings is 3. The van der Waals surface area contributed by atoms with Crippen LogP contribution in [0.2, 0.25) is 0 Å². The van der Waals surface area contributed by atoms with Crippen LogP contribution in [-0.4, -0.2) is 31.9 Å². The van der Waals surface area contributed by atoms with Gasteiger partial charge in [-0.2, -0.15) is 0 Å². The number of amides is 1. The molecule has 0 saturated carbocycles. The van der Waals surface area contributed by atoms with Crippen molar-refractivity contribution in [2.45, 2.75) is 13.5 Å². The van der Waals surface area contributed by atoms with Crippen molar-refractivity contribution in [3.8, 4) is 34.3 Å². The van der Waals surface area contributed by atoms with Crippen molar-refractivity contribution in [2.75, 3.05) is 21.0 Å². The minimum absolute atomic E-state index is 0.190. The number of carbonyl (C=O) groups is 1. The van der Waals surface area contributed by atoms with Gasteiger partial charge in [-0.05, 0) is 55.0 Å². The monoisotopic (exact) mass is 456 g/mol. The highest BCUT2D eigenvalue weighted by molar-refractivity contribution is 6.07. The number of fused-ring (bicyclic) bond motifs is 2. The van der Waals surface area contributed by atoms with Crippen LogP contribution in [0.15, 0.2) is 60.7 Å². The van der Waals surface area contributed by atoms with E-state index in [0.717, 1.165) is 27.6 Å². The summed E-state index contributed by atoms with van der Waals surface area (Å²) in [5.74, 6) is 2.50. The number of carbonyl (C=O) groups excluding carboxylic acids is 1. The van der Waals surface area contributed by atoms with Gasteiger partial charge in [0.1, 0.15) is 11.5 Å². The van der Waals surface area contributed by atoms with Crippen LogP contribution in [0.5, 0.6) is 23.0 Å². The fourth-order valence-electron chi connectivity index (χ4n) is 4.00. The van der Waals surface area contributed by atoms with Crippen molar-refractivity contribution < 1.29 is 23.7 Å². The number of ether oxygens (including phenoxy) is 4. The Morgan fingerprint density at radius 2 is 1.82 bits per heavy atom. The molecule has 0 saturated heterocycles. The summed E-state index contributed by atoms with van der Waals surface area (Å²) in [5.41, 5.74) is 4.66. The normalized spacial score (nSPS) is 12.0. The van der Waals surface area contributed by atoms with Crippen molar-refractivity contribution >= 4 is 16.8 Å². The number of nitrogens with zero attached hydrogens (tertiary/aromatic N) is 1. The molecule has 0 radical (unpaired) electrons. The zero-order chi connectivity index (χ0) is 23.7. The van der Waals surface area contributed by atoms with E-state index in [2.05, 4.69) is 5.32 Å². The van der Waals surface area contributed by atoms with Gasteiger partial charge in [-0.3, -0.25) is 4.79 Å². The molecule has 1 aliphatic rings. The van der Waals surface area contributed by atoms with Crippen molar-refractivity contribution in [2.24, 2.45) is 0 Å². The molecule has 172 valence electrons. The first kappa shape index (κ1) is 21.6. The first-order chi connectivity index (χ1) is 16.6. The highest BCUT2D eigenvalue weighted by Crippen LogP contribution is 2.35. The smallest absolute Gasteiger partial charge is 0.252 e. The van der Waals surface area contributed by atoms with Crippen LogP contribution in [-0.2, 0) is 6.54 Å². The summed E-state index contributed by atoms with van der Waals surface area (Å²) in [6.45, 7) is 2.56. The van der Waals surface area contributed by atoms with Crippen LogP contribution in [0.1, 0.15) is 21.5 Å². The molecule has 0 atom stereocenters. The van der Waals surface area contributed by atoms with Gasteiger partial charge in [0.2, 0.25) is 6.79 Å². The number of rotatable bonds is 6. The molecule has 1 aromatic heterocycles. The molecule has 0 spiro atoms. The number of hydrogen-bond donors (Lipinski definition) is 1. The number of aryl methyl sites for hydroxylation is 1. The molecule has 2 heterocycles. The van der Waals surface area contributed by atoms with E-state index in [-0.39, 0.29) is 12.7 Å². The fraction of sp³-hybridized carbons (Fsp3) is 0.185. The van der Waals surface area contributed by atoms with Gasteiger partial charge in [-0.15, -0.1) is 0 Å². The fourth-order valence-corrected chi connectivity index (χ4v) is 4.00. The van der Waals surface area contributed by atoms with Gasteiger partial charge in [0, 0.05) is 23.6 Å². The Bertz CT molecular complexity index is 1400. The molecule has 0 bridgehead atoms. The van der Waals surface area contributed by atoms with Gasteiger partial charge in [0.25, 0.3) is 5.91 Å². The number of methoxy groups -OCH3 is 2. The molecule has 1 amide bonds. The Morgan fingerprint density at radius 3 is 2.65 bits per heavy atom. The van der Waals surface area contributed by atoms with Crippen molar-refractivity contribution in [3.63, 3.8) is 0 Å². The Morgan fingerprint density at radius 1 is 0.971 bits per heavy atom. The van der Waals surface area contributed by atoms with E-state index in [1.807, 2.05) is 55.5 Å². The Hall–Kier alpha value is -4.26. The van der Waals surface area contributed by atoms with Crippen LogP contribution in [0.4, 0.5) is 0 Å². The third-order valence-electron chi connectivity index (χ3n) is 5.78. The zero-order valence-electron chi connectivity index (χ0n) is 19.2. The van der Waals surface area contributed by atoms with E-state index in [4.69, 9.17) is 23.9 Å². The first-order valence-electron chi connectivity index (χ1n) is 10.9. The lowest BCUT2D eigenvalue weighted by Crippen LogP contribution is -2.23. The summed E-state index contributed by atoms with van der Waals surface area (Å²) in [4.78, 5) is 18.2. The molecule has 34 heavy (non-hydrogen) atoms. The van der Waals surface area contributed by atoms with Crippen molar-refractivity contribution in [3.05, 3.63) is 77.4 Å². The lowest BCUT2D eigenvalue weighted by atomic mass is 10.0. The van der Waals surface area contributed by atoms with Gasteiger partial charge in [0.15, 0.2) is 11.5 Å². The van der Waals surface area contributed by atoms with Crippen LogP contribution in [0, 0.1) is 6.92 Å². The Balaban J connectivity index is 1.52. The predicted molar refractivity (Wildman–Crippen MR) is 129 cm³/mol. The molecule has 3 aromatic carbocycles.